The molecule has 0 aliphatic rings. The van der Waals surface area contributed by atoms with Gasteiger partial charge in [0.2, 0.25) is 0 Å². The minimum absolute atomic E-state index is 0.0245. The van der Waals surface area contributed by atoms with E-state index in [9.17, 15) is 9.59 Å². The maximum atomic E-state index is 12.8. The van der Waals surface area contributed by atoms with Gasteiger partial charge in [-0.25, -0.2) is 0 Å². The number of carbonyl (C=O) groups is 2. The van der Waals surface area contributed by atoms with E-state index in [1.807, 2.05) is 39.8 Å². The summed E-state index contributed by atoms with van der Waals surface area (Å²) in [7, 11) is 1.63. The molecule has 0 atom stereocenters. The van der Waals surface area contributed by atoms with Gasteiger partial charge in [-0.3, -0.25) is 0 Å². The third-order valence-electron chi connectivity index (χ3n) is 3.60. The molecule has 6 heteroatoms. The summed E-state index contributed by atoms with van der Waals surface area (Å²) in [6.07, 6.45) is 0. The van der Waals surface area contributed by atoms with Gasteiger partial charge >= 0.3 is 164 Å². The van der Waals surface area contributed by atoms with Gasteiger partial charge in [0, 0.05) is 0 Å². The van der Waals surface area contributed by atoms with Crippen molar-refractivity contribution in [3.8, 4) is 0 Å². The molecule has 1 rings (SSSR count). The zero-order chi connectivity index (χ0) is 20.1. The number of amides is 2. The molecule has 0 heterocycles. The Balaban J connectivity index is 3.60. The average Bonchev–Trinajstić information content (AvgIpc) is 2.49. The molecule has 2 amide bonds. The van der Waals surface area contributed by atoms with Crippen molar-refractivity contribution in [2.45, 2.75) is 66.0 Å². The third kappa shape index (κ3) is 6.42. The van der Waals surface area contributed by atoms with Crippen LogP contribution in [0.4, 0.5) is 0 Å². The van der Waals surface area contributed by atoms with Gasteiger partial charge in [0.15, 0.2) is 0 Å². The first-order valence-electron chi connectivity index (χ1n) is 8.89. The fraction of sp³-hybridized carbons (Fsp3) is 0.600. The molecule has 2 N–H and O–H groups in total. The van der Waals surface area contributed by atoms with E-state index in [0.29, 0.717) is 16.6 Å². The summed E-state index contributed by atoms with van der Waals surface area (Å²) in [4.78, 5) is 25.7. The Labute approximate surface area is 163 Å². The van der Waals surface area contributed by atoms with Crippen LogP contribution < -0.4 is 15.1 Å². The number of hydrogen-bond donors (Lipinski definition) is 2. The Morgan fingerprint density at radius 3 is 1.73 bits per heavy atom. The minimum atomic E-state index is -0.174. The van der Waals surface area contributed by atoms with Crippen LogP contribution in [0.5, 0.6) is 0 Å². The van der Waals surface area contributed by atoms with E-state index in [4.69, 9.17) is 4.74 Å². The SMILES string of the molecule is COC[Se]c1c(C(=O)NC(C)C)cc(C(C)(C)C)cc1C(=O)NC(C)C. The second kappa shape index (κ2) is 9.54. The van der Waals surface area contributed by atoms with Gasteiger partial charge in [0.25, 0.3) is 0 Å². The van der Waals surface area contributed by atoms with E-state index < -0.39 is 0 Å². The maximum absolute atomic E-state index is 12.8. The topological polar surface area (TPSA) is 67.4 Å². The van der Waals surface area contributed by atoms with Gasteiger partial charge in [0.05, 0.1) is 0 Å². The van der Waals surface area contributed by atoms with Crippen LogP contribution in [0, 0.1) is 0 Å². The van der Waals surface area contributed by atoms with Gasteiger partial charge in [-0.1, -0.05) is 0 Å². The Morgan fingerprint density at radius 2 is 1.42 bits per heavy atom. The fourth-order valence-corrected chi connectivity index (χ4v) is 4.14. The summed E-state index contributed by atoms with van der Waals surface area (Å²) in [6.45, 7) is 14.0. The van der Waals surface area contributed by atoms with E-state index in [1.165, 1.54) is 0 Å². The Hall–Kier alpha value is -1.36. The van der Waals surface area contributed by atoms with Crippen LogP contribution in [0.3, 0.4) is 0 Å². The molecule has 1 aromatic carbocycles. The summed E-state index contributed by atoms with van der Waals surface area (Å²) in [5.41, 5.74) is 2.46. The van der Waals surface area contributed by atoms with Gasteiger partial charge < -0.3 is 0 Å². The van der Waals surface area contributed by atoms with E-state index in [1.54, 1.807) is 7.11 Å². The van der Waals surface area contributed by atoms with Crippen molar-refractivity contribution in [3.05, 3.63) is 28.8 Å². The summed E-state index contributed by atoms with van der Waals surface area (Å²) >= 11 is -0.140. The molecule has 0 unspecified atom stereocenters. The Morgan fingerprint density at radius 1 is 1.00 bits per heavy atom. The molecular formula is C20H32N2O3Se. The Kier molecular flexibility index (Phi) is 8.32. The summed E-state index contributed by atoms with van der Waals surface area (Å²) in [5.74, 6) is -0.282. The number of carbonyl (C=O) groups excluding carboxylic acids is 2. The number of hydrogen-bond acceptors (Lipinski definition) is 3. The molecule has 146 valence electrons. The van der Waals surface area contributed by atoms with Gasteiger partial charge in [-0.15, -0.1) is 0 Å². The molecule has 0 aliphatic heterocycles. The molecule has 0 fully saturated rings. The molecule has 0 bridgehead atoms. The predicted molar refractivity (Wildman–Crippen MR) is 108 cm³/mol. The van der Waals surface area contributed by atoms with E-state index in [2.05, 4.69) is 31.4 Å². The molecular weight excluding hydrogens is 395 g/mol. The van der Waals surface area contributed by atoms with Crippen molar-refractivity contribution in [1.82, 2.24) is 10.6 Å². The number of rotatable bonds is 7. The molecule has 26 heavy (non-hydrogen) atoms. The van der Waals surface area contributed by atoms with Gasteiger partial charge in [-0.05, 0) is 0 Å². The first-order chi connectivity index (χ1) is 12.0. The first-order valence-corrected chi connectivity index (χ1v) is 11.0. The zero-order valence-electron chi connectivity index (χ0n) is 17.1. The number of ether oxygens (including phenoxy) is 1. The predicted octanol–water partition coefficient (Wildman–Crippen LogP) is 2.19. The van der Waals surface area contributed by atoms with Crippen LogP contribution in [0.2, 0.25) is 0 Å². The number of methoxy groups -OCH3 is 1. The van der Waals surface area contributed by atoms with E-state index in [0.717, 1.165) is 10.0 Å². The normalized spacial score (nSPS) is 11.8. The van der Waals surface area contributed by atoms with Crippen LogP contribution >= 0.6 is 0 Å². The van der Waals surface area contributed by atoms with Crippen LogP contribution in [0.1, 0.15) is 74.7 Å². The zero-order valence-corrected chi connectivity index (χ0v) is 18.9. The monoisotopic (exact) mass is 428 g/mol. The summed E-state index contributed by atoms with van der Waals surface area (Å²) in [5, 5.41) is 5.92. The molecule has 0 saturated heterocycles. The number of nitrogens with one attached hydrogen (secondary N) is 2. The second-order valence-corrected chi connectivity index (χ2v) is 9.91. The van der Waals surface area contributed by atoms with Gasteiger partial charge in [-0.2, -0.15) is 0 Å². The average molecular weight is 427 g/mol. The molecule has 0 aromatic heterocycles. The molecule has 0 radical (unpaired) electrons. The number of benzene rings is 1. The van der Waals surface area contributed by atoms with E-state index >= 15 is 0 Å². The third-order valence-corrected chi connectivity index (χ3v) is 5.88. The van der Waals surface area contributed by atoms with Crippen LogP contribution in [-0.2, 0) is 10.2 Å². The fourth-order valence-electron chi connectivity index (χ4n) is 2.35. The summed E-state index contributed by atoms with van der Waals surface area (Å²) in [6, 6.07) is 3.90. The molecule has 0 saturated carbocycles. The van der Waals surface area contributed by atoms with Crippen molar-refractivity contribution < 1.29 is 14.3 Å². The van der Waals surface area contributed by atoms with Crippen LogP contribution in [0.25, 0.3) is 0 Å². The van der Waals surface area contributed by atoms with Crippen molar-refractivity contribution >= 4 is 31.2 Å². The first kappa shape index (κ1) is 22.7. The van der Waals surface area contributed by atoms with E-state index in [-0.39, 0.29) is 44.3 Å². The van der Waals surface area contributed by atoms with Gasteiger partial charge in [0.1, 0.15) is 0 Å². The van der Waals surface area contributed by atoms with Crippen LogP contribution in [-0.4, -0.2) is 51.5 Å². The van der Waals surface area contributed by atoms with Crippen LogP contribution in [0.15, 0.2) is 12.1 Å². The molecule has 0 aliphatic carbocycles. The molecule has 1 aromatic rings. The quantitative estimate of drug-likeness (QED) is 0.656. The Bertz CT molecular complexity index is 606. The molecule has 5 nitrogen and oxygen atoms in total. The second-order valence-electron chi connectivity index (χ2n) is 7.96. The molecule has 0 spiro atoms. The standard InChI is InChI=1S/C20H32N2O3Se/c1-12(2)21-18(23)15-9-14(20(5,6)7)10-16(17(15)26-11-25-8)19(24)22-13(3)4/h9-10,12-13H,11H2,1-8H3,(H,21,23)(H,22,24). The van der Waals surface area contributed by atoms with Crippen molar-refractivity contribution in [2.24, 2.45) is 0 Å². The van der Waals surface area contributed by atoms with Crippen molar-refractivity contribution in [1.29, 1.82) is 0 Å². The van der Waals surface area contributed by atoms with Crippen molar-refractivity contribution in [3.63, 3.8) is 0 Å². The summed E-state index contributed by atoms with van der Waals surface area (Å²) < 4.78 is 6.03. The van der Waals surface area contributed by atoms with Crippen molar-refractivity contribution in [2.75, 3.05) is 12.6 Å².